The van der Waals surface area contributed by atoms with E-state index in [2.05, 4.69) is 28.9 Å². The van der Waals surface area contributed by atoms with Gasteiger partial charge in [0.1, 0.15) is 17.5 Å². The molecule has 1 fully saturated rings. The highest BCUT2D eigenvalue weighted by Crippen LogP contribution is 2.40. The monoisotopic (exact) mass is 502 g/mol. The van der Waals surface area contributed by atoms with Crippen molar-refractivity contribution >= 4 is 11.7 Å². The summed E-state index contributed by atoms with van der Waals surface area (Å²) in [6, 6.07) is 16.0. The van der Waals surface area contributed by atoms with E-state index in [4.69, 9.17) is 4.99 Å². The van der Waals surface area contributed by atoms with Gasteiger partial charge in [-0.2, -0.15) is 0 Å². The molecule has 0 radical (unpaired) electrons. The van der Waals surface area contributed by atoms with Crippen LogP contribution in [0.2, 0.25) is 0 Å². The molecule has 0 aliphatic carbocycles. The molecule has 1 aromatic heterocycles. The number of likely N-dealkylation sites (tertiary alicyclic amines) is 1. The molecule has 0 bridgehead atoms. The third-order valence-corrected chi connectivity index (χ3v) is 7.58. The number of halogens is 2. The molecule has 2 aromatic carbocycles. The Labute approximate surface area is 216 Å². The normalized spacial score (nSPS) is 20.9. The number of pyridine rings is 1. The van der Waals surface area contributed by atoms with Crippen molar-refractivity contribution in [2.45, 2.75) is 44.6 Å². The molecule has 1 saturated heterocycles. The topological polar surface area (TPSA) is 48.8 Å². The van der Waals surface area contributed by atoms with E-state index in [0.29, 0.717) is 29.4 Å². The largest absolute Gasteiger partial charge is 0.303 e. The number of aliphatic imine (C=N–C) groups is 1. The number of benzene rings is 2. The van der Waals surface area contributed by atoms with Crippen molar-refractivity contribution in [1.82, 2.24) is 14.8 Å². The molecule has 0 N–H and O–H groups in total. The molecule has 3 aromatic rings. The van der Waals surface area contributed by atoms with Gasteiger partial charge in [-0.1, -0.05) is 30.3 Å². The van der Waals surface area contributed by atoms with E-state index in [-0.39, 0.29) is 5.91 Å². The number of amidine groups is 1. The molecular weight excluding hydrogens is 470 g/mol. The molecule has 5 rings (SSSR count). The van der Waals surface area contributed by atoms with Gasteiger partial charge in [-0.05, 0) is 99.8 Å². The Bertz CT molecular complexity index is 1280. The quantitative estimate of drug-likeness (QED) is 0.432. The molecule has 5 nitrogen and oxygen atoms in total. The van der Waals surface area contributed by atoms with Crippen LogP contribution in [0.3, 0.4) is 0 Å². The predicted molar refractivity (Wildman–Crippen MR) is 140 cm³/mol. The molecule has 2 aliphatic rings. The van der Waals surface area contributed by atoms with Crippen molar-refractivity contribution < 1.29 is 13.6 Å². The zero-order valence-electron chi connectivity index (χ0n) is 21.3. The van der Waals surface area contributed by atoms with Crippen LogP contribution in [0, 0.1) is 18.6 Å². The minimum Gasteiger partial charge on any atom is -0.303 e. The van der Waals surface area contributed by atoms with Gasteiger partial charge in [0.05, 0.1) is 0 Å². The van der Waals surface area contributed by atoms with E-state index >= 15 is 0 Å². The van der Waals surface area contributed by atoms with E-state index in [1.807, 2.05) is 13.1 Å². The number of hydrogen-bond donors (Lipinski definition) is 0. The molecule has 0 saturated carbocycles. The van der Waals surface area contributed by atoms with Gasteiger partial charge < -0.3 is 4.90 Å². The summed E-state index contributed by atoms with van der Waals surface area (Å²) >= 11 is 0. The predicted octanol–water partition coefficient (Wildman–Crippen LogP) is 5.44. The number of aryl methyl sites for hydroxylation is 1. The third-order valence-electron chi connectivity index (χ3n) is 7.58. The van der Waals surface area contributed by atoms with Crippen LogP contribution < -0.4 is 0 Å². The number of rotatable bonds is 7. The van der Waals surface area contributed by atoms with Gasteiger partial charge in [-0.25, -0.2) is 13.8 Å². The number of amides is 1. The van der Waals surface area contributed by atoms with Crippen molar-refractivity contribution in [3.05, 3.63) is 101 Å². The first kappa shape index (κ1) is 25.2. The number of aromatic nitrogens is 1. The van der Waals surface area contributed by atoms with E-state index in [1.54, 1.807) is 29.2 Å². The highest BCUT2D eigenvalue weighted by molar-refractivity contribution is 6.09. The molecule has 37 heavy (non-hydrogen) atoms. The minimum atomic E-state index is -1.42. The summed E-state index contributed by atoms with van der Waals surface area (Å²) in [7, 11) is 0. The highest BCUT2D eigenvalue weighted by Gasteiger charge is 2.50. The van der Waals surface area contributed by atoms with Crippen LogP contribution >= 0.6 is 0 Å². The maximum atomic E-state index is 14.2. The van der Waals surface area contributed by atoms with Crippen LogP contribution in [0.1, 0.15) is 54.5 Å². The van der Waals surface area contributed by atoms with E-state index < -0.39 is 17.2 Å². The Hall–Kier alpha value is -3.45. The Morgan fingerprint density at radius 1 is 0.919 bits per heavy atom. The number of nitrogens with zero attached hydrogens (tertiary/aromatic N) is 4. The lowest BCUT2D eigenvalue weighted by Gasteiger charge is -2.32. The first-order chi connectivity index (χ1) is 17.9. The average Bonchev–Trinajstić information content (AvgIpc) is 3.16. The average molecular weight is 503 g/mol. The molecule has 3 heterocycles. The summed E-state index contributed by atoms with van der Waals surface area (Å²) in [6.07, 6.45) is 4.89. The number of carbonyl (C=O) groups excluding carboxylic acids is 1. The lowest BCUT2D eigenvalue weighted by Crippen LogP contribution is -2.43. The van der Waals surface area contributed by atoms with Gasteiger partial charge in [0.25, 0.3) is 5.91 Å². The van der Waals surface area contributed by atoms with E-state index in [9.17, 15) is 13.6 Å². The van der Waals surface area contributed by atoms with Gasteiger partial charge in [-0.3, -0.25) is 14.7 Å². The second-order valence-corrected chi connectivity index (χ2v) is 10.1. The first-order valence-corrected chi connectivity index (χ1v) is 12.9. The zero-order valence-corrected chi connectivity index (χ0v) is 21.3. The fraction of sp³-hybridized carbons (Fsp3) is 0.367. The lowest BCUT2D eigenvalue weighted by molar-refractivity contribution is -0.130. The van der Waals surface area contributed by atoms with Crippen molar-refractivity contribution in [3.63, 3.8) is 0 Å². The maximum absolute atomic E-state index is 14.2. The summed E-state index contributed by atoms with van der Waals surface area (Å²) in [5, 5.41) is 0. The van der Waals surface area contributed by atoms with Crippen LogP contribution in [0.4, 0.5) is 8.78 Å². The SMILES string of the molecule is CC1=NC(c2ccc(F)cc2)(c2cccc(F)c2)C(=O)N1CCCN1CCC(c2ccc(C)cn2)CC1. The lowest BCUT2D eigenvalue weighted by atomic mass is 9.82. The zero-order chi connectivity index (χ0) is 26.0. The fourth-order valence-corrected chi connectivity index (χ4v) is 5.53. The second kappa shape index (κ2) is 10.5. The second-order valence-electron chi connectivity index (χ2n) is 10.1. The van der Waals surface area contributed by atoms with Gasteiger partial charge in [0, 0.05) is 24.4 Å². The van der Waals surface area contributed by atoms with E-state index in [1.165, 1.54) is 35.5 Å². The van der Waals surface area contributed by atoms with Crippen LogP contribution in [0.15, 0.2) is 71.9 Å². The smallest absolute Gasteiger partial charge is 0.265 e. The number of piperidine rings is 1. The van der Waals surface area contributed by atoms with Crippen LogP contribution in [-0.4, -0.2) is 52.7 Å². The molecule has 7 heteroatoms. The third kappa shape index (κ3) is 5.05. The summed E-state index contributed by atoms with van der Waals surface area (Å²) in [5.74, 6) is 0.00786. The summed E-state index contributed by atoms with van der Waals surface area (Å²) in [5.41, 5.74) is 1.90. The molecular formula is C30H32F2N4O. The van der Waals surface area contributed by atoms with E-state index in [0.717, 1.165) is 38.9 Å². The first-order valence-electron chi connectivity index (χ1n) is 12.9. The van der Waals surface area contributed by atoms with Gasteiger partial charge in [0.2, 0.25) is 0 Å². The molecule has 0 spiro atoms. The van der Waals surface area contributed by atoms with Crippen LogP contribution in [0.25, 0.3) is 0 Å². The van der Waals surface area contributed by atoms with Gasteiger partial charge in [-0.15, -0.1) is 0 Å². The van der Waals surface area contributed by atoms with Crippen molar-refractivity contribution in [2.75, 3.05) is 26.2 Å². The Morgan fingerprint density at radius 3 is 2.35 bits per heavy atom. The molecule has 1 amide bonds. The standard InChI is InChI=1S/C30H32F2N4O/c1-21-7-12-28(33-20-21)23-13-17-35(18-14-23)15-4-16-36-22(2)34-30(29(36)37,24-8-10-26(31)11-9-24)25-5-3-6-27(32)19-25/h3,5-12,19-20,23H,4,13-18H2,1-2H3. The molecule has 1 atom stereocenters. The summed E-state index contributed by atoms with van der Waals surface area (Å²) < 4.78 is 27.9. The molecule has 1 unspecified atom stereocenters. The number of carbonyl (C=O) groups is 1. The fourth-order valence-electron chi connectivity index (χ4n) is 5.53. The highest BCUT2D eigenvalue weighted by atomic mass is 19.1. The van der Waals surface area contributed by atoms with Crippen molar-refractivity contribution in [1.29, 1.82) is 0 Å². The Balaban J connectivity index is 1.25. The Morgan fingerprint density at radius 2 is 1.68 bits per heavy atom. The summed E-state index contributed by atoms with van der Waals surface area (Å²) in [4.78, 5) is 27.5. The van der Waals surface area contributed by atoms with Crippen molar-refractivity contribution in [2.24, 2.45) is 4.99 Å². The summed E-state index contributed by atoms with van der Waals surface area (Å²) in [6.45, 7) is 7.27. The minimum absolute atomic E-state index is 0.230. The maximum Gasteiger partial charge on any atom is 0.265 e. The van der Waals surface area contributed by atoms with Crippen LogP contribution in [0.5, 0.6) is 0 Å². The number of hydrogen-bond acceptors (Lipinski definition) is 4. The molecule has 2 aliphatic heterocycles. The van der Waals surface area contributed by atoms with Gasteiger partial charge >= 0.3 is 0 Å². The Kier molecular flexibility index (Phi) is 7.15. The van der Waals surface area contributed by atoms with Gasteiger partial charge in [0.15, 0.2) is 5.54 Å². The van der Waals surface area contributed by atoms with Crippen molar-refractivity contribution in [3.8, 4) is 0 Å². The molecule has 192 valence electrons. The van der Waals surface area contributed by atoms with Crippen LogP contribution in [-0.2, 0) is 10.3 Å².